The second kappa shape index (κ2) is 11.4. The molecule has 0 aromatic heterocycles. The molecule has 0 aliphatic heterocycles. The summed E-state index contributed by atoms with van der Waals surface area (Å²) in [6.45, 7) is 4.24. The van der Waals surface area contributed by atoms with Gasteiger partial charge >= 0.3 is 0 Å². The largest absolute Gasteiger partial charge is 0.497 e. The van der Waals surface area contributed by atoms with Crippen molar-refractivity contribution in [3.05, 3.63) is 72.8 Å². The van der Waals surface area contributed by atoms with Crippen LogP contribution in [0.3, 0.4) is 0 Å². The summed E-state index contributed by atoms with van der Waals surface area (Å²) in [6, 6.07) is 19.6. The standard InChI is InChI=1S/C25H28N2O6S/c1-4-24(33-22-8-6-7-21(17-22)31-3)25(28)26-18-11-15-23(16-12-18)34(29,30)27-19-9-13-20(14-10-19)32-5-2/h6-17,24,27H,4-5H2,1-3H3,(H,26,28)/t24-/m1/s1. The summed E-state index contributed by atoms with van der Waals surface area (Å²) in [7, 11) is -2.24. The number of carbonyl (C=O) groups is 1. The molecule has 1 amide bonds. The van der Waals surface area contributed by atoms with Crippen molar-refractivity contribution in [3.63, 3.8) is 0 Å². The Bertz CT molecular complexity index is 1190. The van der Waals surface area contributed by atoms with Gasteiger partial charge in [-0.25, -0.2) is 8.42 Å². The Morgan fingerprint density at radius 3 is 2.15 bits per heavy atom. The number of sulfonamides is 1. The van der Waals surface area contributed by atoms with Crippen molar-refractivity contribution in [1.82, 2.24) is 0 Å². The average Bonchev–Trinajstić information content (AvgIpc) is 2.84. The minimum absolute atomic E-state index is 0.0686. The Balaban J connectivity index is 1.63. The number of methoxy groups -OCH3 is 1. The highest BCUT2D eigenvalue weighted by atomic mass is 32.2. The van der Waals surface area contributed by atoms with Crippen molar-refractivity contribution < 1.29 is 27.4 Å². The van der Waals surface area contributed by atoms with Gasteiger partial charge in [-0.2, -0.15) is 0 Å². The van der Waals surface area contributed by atoms with Crippen LogP contribution in [-0.2, 0) is 14.8 Å². The molecule has 2 N–H and O–H groups in total. The van der Waals surface area contributed by atoms with Crippen molar-refractivity contribution in [2.24, 2.45) is 0 Å². The van der Waals surface area contributed by atoms with Gasteiger partial charge in [0, 0.05) is 17.4 Å². The molecule has 9 heteroatoms. The Kier molecular flexibility index (Phi) is 8.37. The molecule has 0 aliphatic rings. The van der Waals surface area contributed by atoms with E-state index in [2.05, 4.69) is 10.0 Å². The van der Waals surface area contributed by atoms with E-state index in [9.17, 15) is 13.2 Å². The average molecular weight is 485 g/mol. The summed E-state index contributed by atoms with van der Waals surface area (Å²) in [5.74, 6) is 1.46. The van der Waals surface area contributed by atoms with Crippen LogP contribution in [0.1, 0.15) is 20.3 Å². The highest BCUT2D eigenvalue weighted by molar-refractivity contribution is 7.92. The molecule has 0 unspecified atom stereocenters. The van der Waals surface area contributed by atoms with Gasteiger partial charge < -0.3 is 19.5 Å². The van der Waals surface area contributed by atoms with E-state index in [1.807, 2.05) is 13.8 Å². The molecule has 1 atom stereocenters. The van der Waals surface area contributed by atoms with Crippen LogP contribution in [0.2, 0.25) is 0 Å². The van der Waals surface area contributed by atoms with Gasteiger partial charge in [0.2, 0.25) is 0 Å². The maximum atomic E-state index is 12.7. The van der Waals surface area contributed by atoms with E-state index in [1.165, 1.54) is 24.3 Å². The monoisotopic (exact) mass is 484 g/mol. The van der Waals surface area contributed by atoms with Crippen molar-refractivity contribution >= 4 is 27.3 Å². The quantitative estimate of drug-likeness (QED) is 0.409. The van der Waals surface area contributed by atoms with E-state index in [-0.39, 0.29) is 10.8 Å². The molecule has 8 nitrogen and oxygen atoms in total. The number of carbonyl (C=O) groups excluding carboxylic acids is 1. The third-order valence-electron chi connectivity index (χ3n) is 4.83. The first kappa shape index (κ1) is 24.9. The van der Waals surface area contributed by atoms with Gasteiger partial charge in [-0.05, 0) is 74.0 Å². The van der Waals surface area contributed by atoms with Crippen LogP contribution in [0.4, 0.5) is 11.4 Å². The molecule has 3 aromatic carbocycles. The minimum Gasteiger partial charge on any atom is -0.497 e. The molecule has 0 fully saturated rings. The van der Waals surface area contributed by atoms with Gasteiger partial charge in [0.05, 0.1) is 18.6 Å². The Labute approximate surface area is 199 Å². The molecular weight excluding hydrogens is 456 g/mol. The molecule has 34 heavy (non-hydrogen) atoms. The van der Waals surface area contributed by atoms with E-state index in [0.29, 0.717) is 41.7 Å². The summed E-state index contributed by atoms with van der Waals surface area (Å²) < 4.78 is 44.3. The number of amides is 1. The molecule has 0 bridgehead atoms. The fourth-order valence-electron chi connectivity index (χ4n) is 3.10. The topological polar surface area (TPSA) is 103 Å². The lowest BCUT2D eigenvalue weighted by Crippen LogP contribution is -2.32. The lowest BCUT2D eigenvalue weighted by molar-refractivity contribution is -0.122. The number of nitrogens with one attached hydrogen (secondary N) is 2. The number of benzene rings is 3. The maximum absolute atomic E-state index is 12.7. The number of rotatable bonds is 11. The number of anilines is 2. The van der Waals surface area contributed by atoms with Crippen LogP contribution >= 0.6 is 0 Å². The summed E-state index contributed by atoms with van der Waals surface area (Å²) in [4.78, 5) is 12.8. The van der Waals surface area contributed by atoms with E-state index >= 15 is 0 Å². The van der Waals surface area contributed by atoms with Crippen LogP contribution in [-0.4, -0.2) is 34.1 Å². The first-order valence-electron chi connectivity index (χ1n) is 10.8. The fraction of sp³-hybridized carbons (Fsp3) is 0.240. The van der Waals surface area contributed by atoms with Gasteiger partial charge in [0.15, 0.2) is 6.10 Å². The van der Waals surface area contributed by atoms with Gasteiger partial charge in [0.25, 0.3) is 15.9 Å². The molecule has 0 spiro atoms. The van der Waals surface area contributed by atoms with Crippen LogP contribution in [0.15, 0.2) is 77.7 Å². The van der Waals surface area contributed by atoms with Gasteiger partial charge in [-0.15, -0.1) is 0 Å². The molecule has 3 aromatic rings. The maximum Gasteiger partial charge on any atom is 0.265 e. The Morgan fingerprint density at radius 2 is 1.53 bits per heavy atom. The first-order valence-corrected chi connectivity index (χ1v) is 12.3. The first-order chi connectivity index (χ1) is 16.3. The van der Waals surface area contributed by atoms with Crippen LogP contribution < -0.4 is 24.2 Å². The Morgan fingerprint density at radius 1 is 0.882 bits per heavy atom. The van der Waals surface area contributed by atoms with Crippen LogP contribution in [0, 0.1) is 0 Å². The summed E-state index contributed by atoms with van der Waals surface area (Å²) in [5, 5.41) is 2.76. The third-order valence-corrected chi connectivity index (χ3v) is 6.23. The van der Waals surface area contributed by atoms with Gasteiger partial charge in [-0.3, -0.25) is 9.52 Å². The second-order valence-electron chi connectivity index (χ2n) is 7.27. The molecule has 180 valence electrons. The highest BCUT2D eigenvalue weighted by Gasteiger charge is 2.20. The third kappa shape index (κ3) is 6.64. The lowest BCUT2D eigenvalue weighted by atomic mass is 10.2. The highest BCUT2D eigenvalue weighted by Crippen LogP contribution is 2.23. The zero-order valence-corrected chi connectivity index (χ0v) is 20.1. The summed E-state index contributed by atoms with van der Waals surface area (Å²) in [6.07, 6.45) is -0.279. The molecule has 0 heterocycles. The molecule has 0 saturated carbocycles. The summed E-state index contributed by atoms with van der Waals surface area (Å²) in [5.41, 5.74) is 0.874. The van der Waals surface area contributed by atoms with Crippen molar-refractivity contribution in [2.75, 3.05) is 23.8 Å². The molecule has 0 saturated heterocycles. The number of ether oxygens (including phenoxy) is 3. The van der Waals surface area contributed by atoms with E-state index in [1.54, 1.807) is 55.6 Å². The van der Waals surface area contributed by atoms with Crippen molar-refractivity contribution in [2.45, 2.75) is 31.3 Å². The lowest BCUT2D eigenvalue weighted by Gasteiger charge is -2.18. The molecular formula is C25H28N2O6S. The van der Waals surface area contributed by atoms with Crippen molar-refractivity contribution in [1.29, 1.82) is 0 Å². The zero-order valence-electron chi connectivity index (χ0n) is 19.3. The van der Waals surface area contributed by atoms with E-state index in [0.717, 1.165) is 0 Å². The SMILES string of the molecule is CCOc1ccc(NS(=O)(=O)c2ccc(NC(=O)[C@@H](CC)Oc3cccc(OC)c3)cc2)cc1. The fourth-order valence-corrected chi connectivity index (χ4v) is 4.16. The van der Waals surface area contributed by atoms with E-state index < -0.39 is 16.1 Å². The predicted octanol–water partition coefficient (Wildman–Crippen LogP) is 4.69. The van der Waals surface area contributed by atoms with Crippen LogP contribution in [0.25, 0.3) is 0 Å². The Hall–Kier alpha value is -3.72. The number of hydrogen-bond donors (Lipinski definition) is 2. The van der Waals surface area contributed by atoms with E-state index in [4.69, 9.17) is 14.2 Å². The van der Waals surface area contributed by atoms with Gasteiger partial charge in [0.1, 0.15) is 17.2 Å². The molecule has 3 rings (SSSR count). The second-order valence-corrected chi connectivity index (χ2v) is 8.95. The van der Waals surface area contributed by atoms with Crippen molar-refractivity contribution in [3.8, 4) is 17.2 Å². The van der Waals surface area contributed by atoms with Gasteiger partial charge in [-0.1, -0.05) is 13.0 Å². The summed E-state index contributed by atoms with van der Waals surface area (Å²) >= 11 is 0. The molecule has 0 aliphatic carbocycles. The zero-order chi connectivity index (χ0) is 24.6. The smallest absolute Gasteiger partial charge is 0.265 e. The number of hydrogen-bond acceptors (Lipinski definition) is 6. The molecule has 0 radical (unpaired) electrons. The minimum atomic E-state index is -3.79. The predicted molar refractivity (Wildman–Crippen MR) is 131 cm³/mol. The normalized spacial score (nSPS) is 11.9. The van der Waals surface area contributed by atoms with Crippen LogP contribution in [0.5, 0.6) is 17.2 Å².